The molecule has 0 bridgehead atoms. The first-order valence-electron chi connectivity index (χ1n) is 12.7. The number of methoxy groups -OCH3 is 1. The Kier molecular flexibility index (Phi) is 6.85. The van der Waals surface area contributed by atoms with E-state index < -0.39 is 17.7 Å². The lowest BCUT2D eigenvalue weighted by Crippen LogP contribution is -2.51. The van der Waals surface area contributed by atoms with Crippen molar-refractivity contribution < 1.29 is 28.8 Å². The molecule has 1 saturated heterocycles. The molecule has 4 aliphatic rings. The molecular formula is C27H35N3O6. The molecular weight excluding hydrogens is 462 g/mol. The Morgan fingerprint density at radius 2 is 2.14 bits per heavy atom. The van der Waals surface area contributed by atoms with Crippen molar-refractivity contribution in [3.8, 4) is 17.2 Å². The number of piperidine rings is 1. The van der Waals surface area contributed by atoms with Crippen molar-refractivity contribution >= 4 is 11.5 Å². The van der Waals surface area contributed by atoms with E-state index in [-0.39, 0.29) is 18.3 Å². The Hall–Kier alpha value is -3.17. The van der Waals surface area contributed by atoms with Crippen LogP contribution in [-0.2, 0) is 16.0 Å². The van der Waals surface area contributed by atoms with Gasteiger partial charge in [0.15, 0.2) is 0 Å². The minimum Gasteiger partial charge on any atom is -0.496 e. The van der Waals surface area contributed by atoms with Gasteiger partial charge in [-0.1, -0.05) is 6.08 Å². The highest BCUT2D eigenvalue weighted by molar-refractivity contribution is 5.95. The SMILES string of the molecule is CCOC(=O)C1=CC(=CCN2C=CNC2)c2c(cc3c(c2OC)CC(C(C)(O)C2CCNCC2)O3)O1. The molecule has 4 heterocycles. The van der Waals surface area contributed by atoms with E-state index in [0.29, 0.717) is 36.9 Å². The highest BCUT2D eigenvalue weighted by Crippen LogP contribution is 2.51. The summed E-state index contributed by atoms with van der Waals surface area (Å²) in [5, 5.41) is 18.1. The number of ether oxygens (including phenoxy) is 4. The minimum atomic E-state index is -0.990. The molecule has 0 aliphatic carbocycles. The first-order valence-corrected chi connectivity index (χ1v) is 12.7. The lowest BCUT2D eigenvalue weighted by molar-refractivity contribution is -0.141. The third-order valence-electron chi connectivity index (χ3n) is 7.50. The molecule has 194 valence electrons. The average molecular weight is 498 g/mol. The molecule has 5 rings (SSSR count). The molecule has 1 aromatic carbocycles. The molecule has 0 aromatic heterocycles. The number of allylic oxidation sites excluding steroid dienone is 2. The Bertz CT molecular complexity index is 1100. The number of carbonyl (C=O) groups excluding carboxylic acids is 1. The topological polar surface area (TPSA) is 102 Å². The second kappa shape index (κ2) is 10.1. The molecule has 0 saturated carbocycles. The van der Waals surface area contributed by atoms with Gasteiger partial charge in [-0.25, -0.2) is 4.79 Å². The van der Waals surface area contributed by atoms with Gasteiger partial charge in [-0.3, -0.25) is 0 Å². The second-order valence-corrected chi connectivity index (χ2v) is 9.76. The summed E-state index contributed by atoms with van der Waals surface area (Å²) >= 11 is 0. The smallest absolute Gasteiger partial charge is 0.374 e. The van der Waals surface area contributed by atoms with E-state index in [0.717, 1.165) is 42.6 Å². The number of benzene rings is 1. The van der Waals surface area contributed by atoms with Crippen LogP contribution in [0.4, 0.5) is 0 Å². The maximum absolute atomic E-state index is 12.6. The third kappa shape index (κ3) is 4.53. The van der Waals surface area contributed by atoms with Gasteiger partial charge in [0.2, 0.25) is 5.76 Å². The standard InChI is InChI=1S/C27H35N3O6/c1-4-34-26(31)22-13-17(7-11-30-12-10-29-16-30)24-21(35-22)15-20-19(25(24)33-3)14-23(36-20)27(2,32)18-5-8-28-9-6-18/h7,10,12-13,15,18,23,28-29,32H,4-6,8-9,11,14,16H2,1-3H3. The second-order valence-electron chi connectivity index (χ2n) is 9.76. The van der Waals surface area contributed by atoms with Crippen LogP contribution >= 0.6 is 0 Å². The fourth-order valence-corrected chi connectivity index (χ4v) is 5.45. The van der Waals surface area contributed by atoms with Gasteiger partial charge in [-0.05, 0) is 57.3 Å². The highest BCUT2D eigenvalue weighted by atomic mass is 16.6. The number of carbonyl (C=O) groups is 1. The first-order chi connectivity index (χ1) is 17.4. The summed E-state index contributed by atoms with van der Waals surface area (Å²) < 4.78 is 23.5. The maximum Gasteiger partial charge on any atom is 0.374 e. The average Bonchev–Trinajstić information content (AvgIpc) is 3.56. The van der Waals surface area contributed by atoms with Crippen molar-refractivity contribution in [3.63, 3.8) is 0 Å². The normalized spacial score (nSPS) is 23.7. The summed E-state index contributed by atoms with van der Waals surface area (Å²) in [5.74, 6) is 1.46. The van der Waals surface area contributed by atoms with Gasteiger partial charge in [0, 0.05) is 37.0 Å². The summed E-state index contributed by atoms with van der Waals surface area (Å²) in [6, 6.07) is 1.81. The van der Waals surface area contributed by atoms with E-state index >= 15 is 0 Å². The van der Waals surface area contributed by atoms with Crippen molar-refractivity contribution in [1.29, 1.82) is 0 Å². The van der Waals surface area contributed by atoms with Crippen LogP contribution in [0.25, 0.3) is 5.57 Å². The molecule has 0 spiro atoms. The van der Waals surface area contributed by atoms with Crippen LogP contribution in [0.2, 0.25) is 0 Å². The van der Waals surface area contributed by atoms with Crippen molar-refractivity contribution in [3.05, 3.63) is 47.5 Å². The van der Waals surface area contributed by atoms with E-state index in [1.807, 2.05) is 31.5 Å². The van der Waals surface area contributed by atoms with Crippen molar-refractivity contribution in [2.75, 3.05) is 40.0 Å². The zero-order valence-corrected chi connectivity index (χ0v) is 21.1. The number of fused-ring (bicyclic) bond motifs is 2. The van der Waals surface area contributed by atoms with E-state index in [1.54, 1.807) is 20.1 Å². The van der Waals surface area contributed by atoms with Crippen LogP contribution in [0, 0.1) is 5.92 Å². The first kappa shape index (κ1) is 24.5. The van der Waals surface area contributed by atoms with Crippen LogP contribution in [0.15, 0.2) is 36.4 Å². The minimum absolute atomic E-state index is 0.115. The lowest BCUT2D eigenvalue weighted by atomic mass is 9.77. The molecule has 4 aliphatic heterocycles. The predicted molar refractivity (Wildman–Crippen MR) is 135 cm³/mol. The molecule has 9 nitrogen and oxygen atoms in total. The van der Waals surface area contributed by atoms with Gasteiger partial charge in [0.1, 0.15) is 29.0 Å². The molecule has 9 heteroatoms. The fraction of sp³-hybridized carbons (Fsp3) is 0.519. The number of rotatable bonds is 7. The van der Waals surface area contributed by atoms with Gasteiger partial charge in [-0.15, -0.1) is 0 Å². The van der Waals surface area contributed by atoms with Crippen molar-refractivity contribution in [1.82, 2.24) is 15.5 Å². The third-order valence-corrected chi connectivity index (χ3v) is 7.50. The summed E-state index contributed by atoms with van der Waals surface area (Å²) in [6.07, 6.45) is 9.57. The molecule has 2 unspecified atom stereocenters. The van der Waals surface area contributed by atoms with Crippen molar-refractivity contribution in [2.24, 2.45) is 5.92 Å². The quantitative estimate of drug-likeness (QED) is 0.490. The van der Waals surface area contributed by atoms with E-state index in [2.05, 4.69) is 15.5 Å². The number of hydrogen-bond acceptors (Lipinski definition) is 9. The van der Waals surface area contributed by atoms with E-state index in [4.69, 9.17) is 18.9 Å². The maximum atomic E-state index is 12.6. The molecule has 1 fully saturated rings. The van der Waals surface area contributed by atoms with Crippen LogP contribution in [0.1, 0.15) is 37.8 Å². The molecule has 36 heavy (non-hydrogen) atoms. The largest absolute Gasteiger partial charge is 0.496 e. The number of hydrogen-bond donors (Lipinski definition) is 3. The number of aliphatic hydroxyl groups is 1. The summed E-state index contributed by atoms with van der Waals surface area (Å²) in [4.78, 5) is 14.7. The van der Waals surface area contributed by atoms with Crippen molar-refractivity contribution in [2.45, 2.75) is 44.8 Å². The Labute approximate surface area is 211 Å². The van der Waals surface area contributed by atoms with Gasteiger partial charge in [-0.2, -0.15) is 0 Å². The number of nitrogens with one attached hydrogen (secondary N) is 2. The summed E-state index contributed by atoms with van der Waals surface area (Å²) in [5.41, 5.74) is 1.50. The Morgan fingerprint density at radius 3 is 2.83 bits per heavy atom. The molecule has 3 N–H and O–H groups in total. The molecule has 2 atom stereocenters. The van der Waals surface area contributed by atoms with Crippen LogP contribution in [0.5, 0.6) is 17.2 Å². The molecule has 1 aromatic rings. The van der Waals surface area contributed by atoms with Gasteiger partial charge in [0.25, 0.3) is 0 Å². The highest BCUT2D eigenvalue weighted by Gasteiger charge is 2.46. The monoisotopic (exact) mass is 497 g/mol. The van der Waals surface area contributed by atoms with Crippen LogP contribution < -0.4 is 24.8 Å². The van der Waals surface area contributed by atoms with Gasteiger partial charge >= 0.3 is 5.97 Å². The number of nitrogens with zero attached hydrogens (tertiary/aromatic N) is 1. The zero-order chi connectivity index (χ0) is 25.3. The molecule has 0 radical (unpaired) electrons. The van der Waals surface area contributed by atoms with Crippen LogP contribution in [0.3, 0.4) is 0 Å². The van der Waals surface area contributed by atoms with E-state index in [9.17, 15) is 9.90 Å². The zero-order valence-electron chi connectivity index (χ0n) is 21.1. The predicted octanol–water partition coefficient (Wildman–Crippen LogP) is 2.31. The molecule has 0 amide bonds. The van der Waals surface area contributed by atoms with Gasteiger partial charge < -0.3 is 39.6 Å². The summed E-state index contributed by atoms with van der Waals surface area (Å²) in [7, 11) is 1.63. The Morgan fingerprint density at radius 1 is 1.33 bits per heavy atom. The lowest BCUT2D eigenvalue weighted by Gasteiger charge is -2.39. The fourth-order valence-electron chi connectivity index (χ4n) is 5.45. The Balaban J connectivity index is 1.50. The summed E-state index contributed by atoms with van der Waals surface area (Å²) in [6.45, 7) is 7.02. The van der Waals surface area contributed by atoms with Crippen LogP contribution in [-0.4, -0.2) is 67.7 Å². The van der Waals surface area contributed by atoms with E-state index in [1.165, 1.54) is 0 Å². The number of esters is 1. The van der Waals surface area contributed by atoms with Gasteiger partial charge in [0.05, 0.1) is 25.9 Å².